The molecule has 2 heterocycles. The van der Waals surface area contributed by atoms with Gasteiger partial charge in [0.25, 0.3) is 0 Å². The molecule has 0 amide bonds. The third kappa shape index (κ3) is 1.68. The Morgan fingerprint density at radius 1 is 0.682 bits per heavy atom. The summed E-state index contributed by atoms with van der Waals surface area (Å²) in [5.74, 6) is 0. The fourth-order valence-corrected chi connectivity index (χ4v) is 5.30. The van der Waals surface area contributed by atoms with E-state index in [0.717, 1.165) is 0 Å². The van der Waals surface area contributed by atoms with Crippen molar-refractivity contribution in [2.75, 3.05) is 0 Å². The van der Waals surface area contributed by atoms with Crippen molar-refractivity contribution in [1.82, 2.24) is 0 Å². The van der Waals surface area contributed by atoms with Crippen molar-refractivity contribution in [3.63, 3.8) is 0 Å². The minimum Gasteiger partial charge on any atom is -0.144 e. The van der Waals surface area contributed by atoms with Crippen LogP contribution in [0.25, 0.3) is 41.4 Å². The standard InChI is InChI=1S/C20H12S2/c1-2-7-14-13(6-1)12-16-15-8-3-4-9-17(15)22-20(16)19(14)18-10-5-11-21-18/h1-12H. The Kier molecular flexibility index (Phi) is 2.63. The highest BCUT2D eigenvalue weighted by molar-refractivity contribution is 7.27. The van der Waals surface area contributed by atoms with E-state index in [-0.39, 0.29) is 0 Å². The smallest absolute Gasteiger partial charge is 0.0448 e. The average Bonchev–Trinajstić information content (AvgIpc) is 3.20. The zero-order valence-corrected chi connectivity index (χ0v) is 13.4. The Bertz CT molecular complexity index is 1110. The molecule has 0 aliphatic heterocycles. The lowest BCUT2D eigenvalue weighted by atomic mass is 9.99. The van der Waals surface area contributed by atoms with Gasteiger partial charge in [0.2, 0.25) is 0 Å². The molecular formula is C20H12S2. The third-order valence-corrected chi connectivity index (χ3v) is 6.25. The molecule has 5 aromatic rings. The molecule has 0 bridgehead atoms. The van der Waals surface area contributed by atoms with Crippen LogP contribution in [0.3, 0.4) is 0 Å². The van der Waals surface area contributed by atoms with Crippen LogP contribution in [0.5, 0.6) is 0 Å². The van der Waals surface area contributed by atoms with Crippen LogP contribution < -0.4 is 0 Å². The maximum Gasteiger partial charge on any atom is 0.0448 e. The number of hydrogen-bond acceptors (Lipinski definition) is 2. The van der Waals surface area contributed by atoms with Crippen molar-refractivity contribution < 1.29 is 0 Å². The molecule has 5 rings (SSSR count). The number of fused-ring (bicyclic) bond motifs is 4. The Morgan fingerprint density at radius 3 is 2.36 bits per heavy atom. The molecule has 0 aliphatic carbocycles. The monoisotopic (exact) mass is 316 g/mol. The van der Waals surface area contributed by atoms with Gasteiger partial charge in [0.15, 0.2) is 0 Å². The first-order valence-electron chi connectivity index (χ1n) is 7.29. The summed E-state index contributed by atoms with van der Waals surface area (Å²) in [5.41, 5.74) is 1.39. The first-order chi connectivity index (χ1) is 10.9. The molecule has 22 heavy (non-hydrogen) atoms. The molecule has 0 atom stereocenters. The van der Waals surface area contributed by atoms with Gasteiger partial charge < -0.3 is 0 Å². The predicted molar refractivity (Wildman–Crippen MR) is 100 cm³/mol. The average molecular weight is 316 g/mol. The van der Waals surface area contributed by atoms with Gasteiger partial charge in [-0.15, -0.1) is 22.7 Å². The molecule has 0 radical (unpaired) electrons. The van der Waals surface area contributed by atoms with Gasteiger partial charge >= 0.3 is 0 Å². The van der Waals surface area contributed by atoms with Crippen molar-refractivity contribution in [1.29, 1.82) is 0 Å². The second-order valence-corrected chi connectivity index (χ2v) is 7.42. The minimum atomic E-state index is 1.32. The quantitative estimate of drug-likeness (QED) is 0.314. The van der Waals surface area contributed by atoms with E-state index < -0.39 is 0 Å². The van der Waals surface area contributed by atoms with Crippen molar-refractivity contribution >= 4 is 53.6 Å². The van der Waals surface area contributed by atoms with E-state index in [1.165, 1.54) is 41.4 Å². The lowest BCUT2D eigenvalue weighted by molar-refractivity contribution is 1.80. The normalized spacial score (nSPS) is 11.6. The van der Waals surface area contributed by atoms with Crippen LogP contribution in [0, 0.1) is 0 Å². The maximum absolute atomic E-state index is 2.35. The second kappa shape index (κ2) is 4.67. The fourth-order valence-electron chi connectivity index (χ4n) is 3.19. The summed E-state index contributed by atoms with van der Waals surface area (Å²) in [6.07, 6.45) is 0. The van der Waals surface area contributed by atoms with Crippen LogP contribution in [0.4, 0.5) is 0 Å². The summed E-state index contributed by atoms with van der Waals surface area (Å²) in [6.45, 7) is 0. The molecule has 104 valence electrons. The van der Waals surface area contributed by atoms with Gasteiger partial charge in [-0.25, -0.2) is 0 Å². The molecule has 0 N–H and O–H groups in total. The zero-order chi connectivity index (χ0) is 14.5. The first-order valence-corrected chi connectivity index (χ1v) is 8.98. The van der Waals surface area contributed by atoms with Gasteiger partial charge in [0, 0.05) is 30.6 Å². The van der Waals surface area contributed by atoms with E-state index in [4.69, 9.17) is 0 Å². The molecule has 2 heteroatoms. The highest BCUT2D eigenvalue weighted by Gasteiger charge is 2.14. The Morgan fingerprint density at radius 2 is 1.50 bits per heavy atom. The third-order valence-electron chi connectivity index (χ3n) is 4.16. The predicted octanol–water partition coefficient (Wildman–Crippen LogP) is 6.94. The molecule has 0 saturated carbocycles. The van der Waals surface area contributed by atoms with E-state index >= 15 is 0 Å². The van der Waals surface area contributed by atoms with E-state index in [0.29, 0.717) is 0 Å². The van der Waals surface area contributed by atoms with Crippen molar-refractivity contribution in [2.24, 2.45) is 0 Å². The molecule has 3 aromatic carbocycles. The van der Waals surface area contributed by atoms with Gasteiger partial charge in [-0.1, -0.05) is 48.5 Å². The van der Waals surface area contributed by atoms with Gasteiger partial charge in [-0.05, 0) is 34.4 Å². The van der Waals surface area contributed by atoms with Gasteiger partial charge in [0.1, 0.15) is 0 Å². The maximum atomic E-state index is 2.35. The largest absolute Gasteiger partial charge is 0.144 e. The summed E-state index contributed by atoms with van der Waals surface area (Å²) >= 11 is 3.73. The van der Waals surface area contributed by atoms with Crippen molar-refractivity contribution in [3.8, 4) is 10.4 Å². The molecule has 0 aliphatic rings. The molecule has 0 unspecified atom stereocenters. The van der Waals surface area contributed by atoms with E-state index in [1.54, 1.807) is 0 Å². The van der Waals surface area contributed by atoms with Crippen molar-refractivity contribution in [3.05, 3.63) is 72.1 Å². The topological polar surface area (TPSA) is 0 Å². The number of thiophene rings is 2. The summed E-state index contributed by atoms with van der Waals surface area (Å²) in [6, 6.07) is 24.2. The summed E-state index contributed by atoms with van der Waals surface area (Å²) in [4.78, 5) is 1.35. The molecule has 0 spiro atoms. The molecule has 0 nitrogen and oxygen atoms in total. The van der Waals surface area contributed by atoms with Crippen LogP contribution in [0.1, 0.15) is 0 Å². The van der Waals surface area contributed by atoms with Crippen LogP contribution in [-0.2, 0) is 0 Å². The van der Waals surface area contributed by atoms with Gasteiger partial charge in [-0.2, -0.15) is 0 Å². The molecule has 0 saturated heterocycles. The summed E-state index contributed by atoms with van der Waals surface area (Å²) in [5, 5.41) is 7.58. The SMILES string of the molecule is c1csc(-c2c3ccccc3cc3c2sc2ccccc23)c1. The Hall–Kier alpha value is -2.16. The lowest BCUT2D eigenvalue weighted by Crippen LogP contribution is -1.79. The molecule has 2 aromatic heterocycles. The number of hydrogen-bond donors (Lipinski definition) is 0. The lowest BCUT2D eigenvalue weighted by Gasteiger charge is -2.07. The number of rotatable bonds is 1. The highest BCUT2D eigenvalue weighted by atomic mass is 32.1. The van der Waals surface area contributed by atoms with E-state index in [2.05, 4.69) is 72.1 Å². The molecular weight excluding hydrogens is 304 g/mol. The van der Waals surface area contributed by atoms with Gasteiger partial charge in [-0.3, -0.25) is 0 Å². The van der Waals surface area contributed by atoms with Crippen LogP contribution >= 0.6 is 22.7 Å². The summed E-state index contributed by atoms with van der Waals surface area (Å²) in [7, 11) is 0. The van der Waals surface area contributed by atoms with E-state index in [9.17, 15) is 0 Å². The van der Waals surface area contributed by atoms with Crippen LogP contribution in [-0.4, -0.2) is 0 Å². The number of benzene rings is 3. The fraction of sp³-hybridized carbons (Fsp3) is 0. The van der Waals surface area contributed by atoms with Gasteiger partial charge in [0.05, 0.1) is 0 Å². The zero-order valence-electron chi connectivity index (χ0n) is 11.7. The summed E-state index contributed by atoms with van der Waals surface area (Å²) < 4.78 is 2.77. The minimum absolute atomic E-state index is 1.32. The highest BCUT2D eigenvalue weighted by Crippen LogP contribution is 2.44. The Labute approximate surface area is 136 Å². The second-order valence-electron chi connectivity index (χ2n) is 5.42. The molecule has 0 fully saturated rings. The van der Waals surface area contributed by atoms with Crippen LogP contribution in [0.2, 0.25) is 0 Å². The Balaban J connectivity index is 2.09. The van der Waals surface area contributed by atoms with Crippen molar-refractivity contribution in [2.45, 2.75) is 0 Å². The van der Waals surface area contributed by atoms with Crippen LogP contribution in [0.15, 0.2) is 72.1 Å². The van der Waals surface area contributed by atoms with E-state index in [1.807, 2.05) is 22.7 Å². The first kappa shape index (κ1) is 12.4.